The van der Waals surface area contributed by atoms with Crippen LogP contribution in [0, 0.1) is 6.92 Å². The second-order valence-electron chi connectivity index (χ2n) is 8.17. The van der Waals surface area contributed by atoms with Crippen LogP contribution in [-0.4, -0.2) is 52.6 Å². The van der Waals surface area contributed by atoms with E-state index < -0.39 is 10.0 Å². The molecule has 1 fully saturated rings. The van der Waals surface area contributed by atoms with Gasteiger partial charge in [-0.3, -0.25) is 0 Å². The SMILES string of the molecule is Cc1ccc(N2CCN(C)CC2)c2c1CC[C@@H](NS(=O)(=O)c1cccc(Cl)c1)C2. The minimum absolute atomic E-state index is 0.112. The first-order chi connectivity index (χ1) is 13.8. The summed E-state index contributed by atoms with van der Waals surface area (Å²) in [5.74, 6) is 0. The molecule has 0 amide bonds. The molecule has 0 unspecified atom stereocenters. The summed E-state index contributed by atoms with van der Waals surface area (Å²) in [6.45, 7) is 6.26. The van der Waals surface area contributed by atoms with Crippen molar-refractivity contribution in [2.24, 2.45) is 0 Å². The summed E-state index contributed by atoms with van der Waals surface area (Å²) >= 11 is 5.99. The number of hydrogen-bond acceptors (Lipinski definition) is 4. The first-order valence-electron chi connectivity index (χ1n) is 10.2. The highest BCUT2D eigenvalue weighted by atomic mass is 35.5. The third kappa shape index (κ3) is 4.45. The molecule has 156 valence electrons. The maximum atomic E-state index is 12.9. The summed E-state index contributed by atoms with van der Waals surface area (Å²) in [6, 6.07) is 10.8. The van der Waals surface area contributed by atoms with E-state index in [1.807, 2.05) is 0 Å². The van der Waals surface area contributed by atoms with Gasteiger partial charge in [-0.1, -0.05) is 23.7 Å². The molecule has 0 aromatic heterocycles. The van der Waals surface area contributed by atoms with E-state index in [0.717, 1.165) is 45.4 Å². The smallest absolute Gasteiger partial charge is 0.240 e. The molecule has 4 rings (SSSR count). The van der Waals surface area contributed by atoms with E-state index in [-0.39, 0.29) is 10.9 Å². The van der Waals surface area contributed by atoms with Gasteiger partial charge < -0.3 is 9.80 Å². The minimum Gasteiger partial charge on any atom is -0.369 e. The van der Waals surface area contributed by atoms with Crippen molar-refractivity contribution in [3.8, 4) is 0 Å². The molecule has 2 aromatic rings. The van der Waals surface area contributed by atoms with Crippen molar-refractivity contribution in [2.45, 2.75) is 37.1 Å². The van der Waals surface area contributed by atoms with Crippen LogP contribution in [0.5, 0.6) is 0 Å². The molecule has 1 N–H and O–H groups in total. The van der Waals surface area contributed by atoms with E-state index in [2.05, 4.69) is 40.6 Å². The van der Waals surface area contributed by atoms with Crippen molar-refractivity contribution < 1.29 is 8.42 Å². The molecule has 1 saturated heterocycles. The Morgan fingerprint density at radius 3 is 2.55 bits per heavy atom. The molecule has 1 atom stereocenters. The molecule has 1 aliphatic heterocycles. The van der Waals surface area contributed by atoms with E-state index >= 15 is 0 Å². The van der Waals surface area contributed by atoms with Gasteiger partial charge in [0, 0.05) is 42.9 Å². The summed E-state index contributed by atoms with van der Waals surface area (Å²) in [6.07, 6.45) is 2.42. The lowest BCUT2D eigenvalue weighted by Gasteiger charge is -2.37. The van der Waals surface area contributed by atoms with E-state index in [9.17, 15) is 8.42 Å². The third-order valence-electron chi connectivity index (χ3n) is 6.11. The Bertz CT molecular complexity index is 1000. The Morgan fingerprint density at radius 2 is 1.83 bits per heavy atom. The van der Waals surface area contributed by atoms with Crippen molar-refractivity contribution >= 4 is 27.3 Å². The number of halogens is 1. The predicted molar refractivity (Wildman–Crippen MR) is 118 cm³/mol. The fraction of sp³-hybridized carbons (Fsp3) is 0.455. The van der Waals surface area contributed by atoms with Crippen LogP contribution in [0.15, 0.2) is 41.3 Å². The fourth-order valence-corrected chi connectivity index (χ4v) is 5.98. The number of likely N-dealkylation sites (N-methyl/N-ethyl adjacent to an activating group) is 1. The van der Waals surface area contributed by atoms with Gasteiger partial charge in [0.05, 0.1) is 4.90 Å². The average Bonchev–Trinajstić information content (AvgIpc) is 2.69. The molecule has 5 nitrogen and oxygen atoms in total. The average molecular weight is 434 g/mol. The fourth-order valence-electron chi connectivity index (χ4n) is 4.41. The second kappa shape index (κ2) is 8.26. The lowest BCUT2D eigenvalue weighted by molar-refractivity contribution is 0.312. The molecular weight excluding hydrogens is 406 g/mol. The molecule has 1 heterocycles. The normalized spacial score (nSPS) is 20.5. The highest BCUT2D eigenvalue weighted by Crippen LogP contribution is 2.34. The molecule has 0 radical (unpaired) electrons. The van der Waals surface area contributed by atoms with E-state index in [4.69, 9.17) is 11.6 Å². The Balaban J connectivity index is 1.58. The maximum Gasteiger partial charge on any atom is 0.240 e. The van der Waals surface area contributed by atoms with Crippen LogP contribution in [0.2, 0.25) is 5.02 Å². The molecule has 29 heavy (non-hydrogen) atoms. The van der Waals surface area contributed by atoms with Gasteiger partial charge in [0.15, 0.2) is 0 Å². The molecule has 2 aromatic carbocycles. The summed E-state index contributed by atoms with van der Waals surface area (Å²) in [5, 5.41) is 0.426. The van der Waals surface area contributed by atoms with Crippen molar-refractivity contribution in [2.75, 3.05) is 38.1 Å². The monoisotopic (exact) mass is 433 g/mol. The van der Waals surface area contributed by atoms with Gasteiger partial charge in [-0.05, 0) is 74.2 Å². The van der Waals surface area contributed by atoms with Crippen LogP contribution in [0.4, 0.5) is 5.69 Å². The molecule has 1 aliphatic carbocycles. The van der Waals surface area contributed by atoms with E-state index in [0.29, 0.717) is 5.02 Å². The van der Waals surface area contributed by atoms with Crippen LogP contribution >= 0.6 is 11.6 Å². The van der Waals surface area contributed by atoms with Crippen LogP contribution in [0.25, 0.3) is 0 Å². The number of hydrogen-bond donors (Lipinski definition) is 1. The van der Waals surface area contributed by atoms with Crippen molar-refractivity contribution in [3.63, 3.8) is 0 Å². The predicted octanol–water partition coefficient (Wildman–Crippen LogP) is 3.24. The lowest BCUT2D eigenvalue weighted by Crippen LogP contribution is -2.45. The number of benzene rings is 2. The van der Waals surface area contributed by atoms with E-state index in [1.165, 1.54) is 28.4 Å². The Kier molecular flexibility index (Phi) is 5.89. The molecular formula is C22H28ClN3O2S. The van der Waals surface area contributed by atoms with Gasteiger partial charge in [0.25, 0.3) is 0 Å². The number of nitrogens with one attached hydrogen (secondary N) is 1. The number of sulfonamides is 1. The molecule has 0 saturated carbocycles. The van der Waals surface area contributed by atoms with E-state index in [1.54, 1.807) is 18.2 Å². The van der Waals surface area contributed by atoms with Gasteiger partial charge in [0.1, 0.15) is 0 Å². The zero-order chi connectivity index (χ0) is 20.6. The van der Waals surface area contributed by atoms with Gasteiger partial charge in [0.2, 0.25) is 10.0 Å². The summed E-state index contributed by atoms with van der Waals surface area (Å²) in [7, 11) is -1.44. The first-order valence-corrected chi connectivity index (χ1v) is 12.0. The third-order valence-corrected chi connectivity index (χ3v) is 7.86. The number of fused-ring (bicyclic) bond motifs is 1. The molecule has 7 heteroatoms. The minimum atomic E-state index is -3.59. The van der Waals surface area contributed by atoms with Crippen LogP contribution < -0.4 is 9.62 Å². The quantitative estimate of drug-likeness (QED) is 0.804. The summed E-state index contributed by atoms with van der Waals surface area (Å²) in [5.41, 5.74) is 5.26. The zero-order valence-electron chi connectivity index (χ0n) is 17.0. The van der Waals surface area contributed by atoms with Crippen molar-refractivity contribution in [3.05, 3.63) is 58.1 Å². The first kappa shape index (κ1) is 20.7. The lowest BCUT2D eigenvalue weighted by atomic mass is 9.84. The maximum absolute atomic E-state index is 12.9. The number of anilines is 1. The van der Waals surface area contributed by atoms with Crippen LogP contribution in [0.3, 0.4) is 0 Å². The second-order valence-corrected chi connectivity index (χ2v) is 10.3. The summed E-state index contributed by atoms with van der Waals surface area (Å²) in [4.78, 5) is 5.02. The summed E-state index contributed by atoms with van der Waals surface area (Å²) < 4.78 is 28.7. The van der Waals surface area contributed by atoms with Crippen molar-refractivity contribution in [1.82, 2.24) is 9.62 Å². The Labute approximate surface area is 178 Å². The van der Waals surface area contributed by atoms with Gasteiger partial charge in [-0.25, -0.2) is 13.1 Å². The molecule has 0 bridgehead atoms. The number of nitrogens with zero attached hydrogens (tertiary/aromatic N) is 2. The van der Waals surface area contributed by atoms with Gasteiger partial charge in [-0.2, -0.15) is 0 Å². The van der Waals surface area contributed by atoms with Crippen LogP contribution in [0.1, 0.15) is 23.1 Å². The van der Waals surface area contributed by atoms with Gasteiger partial charge in [-0.15, -0.1) is 0 Å². The largest absolute Gasteiger partial charge is 0.369 e. The Hall–Kier alpha value is -1.60. The standard InChI is InChI=1S/C22H28ClN3O2S/c1-16-6-9-22(26-12-10-25(2)11-13-26)21-15-18(7-8-20(16)21)24-29(27,28)19-5-3-4-17(23)14-19/h3-6,9,14,18,24H,7-8,10-13,15H2,1-2H3/t18-/m1/s1. The zero-order valence-corrected chi connectivity index (χ0v) is 18.6. The van der Waals surface area contributed by atoms with Crippen LogP contribution in [-0.2, 0) is 22.9 Å². The van der Waals surface area contributed by atoms with Gasteiger partial charge >= 0.3 is 0 Å². The highest BCUT2D eigenvalue weighted by Gasteiger charge is 2.28. The molecule has 2 aliphatic rings. The number of aryl methyl sites for hydroxylation is 1. The Morgan fingerprint density at radius 1 is 1.07 bits per heavy atom. The molecule has 0 spiro atoms. The highest BCUT2D eigenvalue weighted by molar-refractivity contribution is 7.89. The number of rotatable bonds is 4. The topological polar surface area (TPSA) is 52.6 Å². The number of piperazine rings is 1. The van der Waals surface area contributed by atoms with Crippen molar-refractivity contribution in [1.29, 1.82) is 0 Å².